The monoisotopic (exact) mass is 198 g/mol. The van der Waals surface area contributed by atoms with Gasteiger partial charge < -0.3 is 11.1 Å². The SMILES string of the molecule is CC(C)[C@@H](N)C(=O)NCc1nn[nH]n1. The van der Waals surface area contributed by atoms with Crippen LogP contribution in [-0.4, -0.2) is 32.6 Å². The van der Waals surface area contributed by atoms with Gasteiger partial charge in [0.05, 0.1) is 12.6 Å². The highest BCUT2D eigenvalue weighted by atomic mass is 16.2. The Hall–Kier alpha value is -1.50. The molecule has 14 heavy (non-hydrogen) atoms. The second kappa shape index (κ2) is 4.66. The first-order valence-corrected chi connectivity index (χ1v) is 4.37. The van der Waals surface area contributed by atoms with E-state index in [2.05, 4.69) is 25.9 Å². The number of tetrazole rings is 1. The lowest BCUT2D eigenvalue weighted by atomic mass is 10.1. The van der Waals surface area contributed by atoms with Gasteiger partial charge in [-0.2, -0.15) is 5.21 Å². The molecule has 1 amide bonds. The fourth-order valence-electron chi connectivity index (χ4n) is 0.844. The molecule has 1 aromatic rings. The summed E-state index contributed by atoms with van der Waals surface area (Å²) in [6, 6.07) is -0.498. The topological polar surface area (TPSA) is 110 Å². The maximum Gasteiger partial charge on any atom is 0.237 e. The van der Waals surface area contributed by atoms with Crippen LogP contribution in [0, 0.1) is 5.92 Å². The number of hydrogen-bond acceptors (Lipinski definition) is 5. The Kier molecular flexibility index (Phi) is 3.52. The predicted octanol–water partition coefficient (Wildman–Crippen LogP) is -1.20. The maximum atomic E-state index is 11.4. The zero-order chi connectivity index (χ0) is 10.6. The molecule has 0 unspecified atom stereocenters. The zero-order valence-electron chi connectivity index (χ0n) is 8.19. The highest BCUT2D eigenvalue weighted by Gasteiger charge is 2.16. The summed E-state index contributed by atoms with van der Waals surface area (Å²) in [7, 11) is 0. The molecule has 0 aromatic carbocycles. The van der Waals surface area contributed by atoms with Crippen molar-refractivity contribution in [3.8, 4) is 0 Å². The first-order chi connectivity index (χ1) is 6.61. The summed E-state index contributed by atoms with van der Waals surface area (Å²) >= 11 is 0. The van der Waals surface area contributed by atoms with E-state index >= 15 is 0 Å². The van der Waals surface area contributed by atoms with Crippen molar-refractivity contribution < 1.29 is 4.79 Å². The molecule has 0 fully saturated rings. The van der Waals surface area contributed by atoms with Gasteiger partial charge >= 0.3 is 0 Å². The van der Waals surface area contributed by atoms with Crippen LogP contribution < -0.4 is 11.1 Å². The van der Waals surface area contributed by atoms with Crippen LogP contribution in [0.2, 0.25) is 0 Å². The van der Waals surface area contributed by atoms with E-state index in [0.717, 1.165) is 0 Å². The Balaban J connectivity index is 2.35. The van der Waals surface area contributed by atoms with Crippen LogP contribution in [-0.2, 0) is 11.3 Å². The molecule has 78 valence electrons. The van der Waals surface area contributed by atoms with Crippen LogP contribution in [0.4, 0.5) is 0 Å². The van der Waals surface area contributed by atoms with Crippen LogP contribution in [0.15, 0.2) is 0 Å². The average molecular weight is 198 g/mol. The molecule has 4 N–H and O–H groups in total. The van der Waals surface area contributed by atoms with E-state index in [-0.39, 0.29) is 18.4 Å². The number of carbonyl (C=O) groups excluding carboxylic acids is 1. The molecule has 1 aromatic heterocycles. The van der Waals surface area contributed by atoms with Gasteiger partial charge in [-0.15, -0.1) is 10.2 Å². The molecule has 0 bridgehead atoms. The number of aromatic nitrogens is 4. The number of rotatable bonds is 4. The van der Waals surface area contributed by atoms with Crippen molar-refractivity contribution in [2.24, 2.45) is 11.7 Å². The molecule has 0 saturated heterocycles. The van der Waals surface area contributed by atoms with E-state index < -0.39 is 6.04 Å². The van der Waals surface area contributed by atoms with Crippen molar-refractivity contribution in [2.75, 3.05) is 0 Å². The predicted molar refractivity (Wildman–Crippen MR) is 48.8 cm³/mol. The third kappa shape index (κ3) is 2.77. The van der Waals surface area contributed by atoms with E-state index in [1.165, 1.54) is 0 Å². The molecule has 1 heterocycles. The first kappa shape index (κ1) is 10.6. The summed E-state index contributed by atoms with van der Waals surface area (Å²) < 4.78 is 0. The highest BCUT2D eigenvalue weighted by Crippen LogP contribution is 1.97. The van der Waals surface area contributed by atoms with Gasteiger partial charge in [0.15, 0.2) is 5.82 Å². The van der Waals surface area contributed by atoms with Crippen LogP contribution >= 0.6 is 0 Å². The van der Waals surface area contributed by atoms with Gasteiger partial charge in [0.25, 0.3) is 0 Å². The van der Waals surface area contributed by atoms with Crippen molar-refractivity contribution in [1.82, 2.24) is 25.9 Å². The maximum absolute atomic E-state index is 11.4. The van der Waals surface area contributed by atoms with E-state index in [4.69, 9.17) is 5.73 Å². The quantitative estimate of drug-likeness (QED) is 0.563. The van der Waals surface area contributed by atoms with E-state index in [1.807, 2.05) is 13.8 Å². The Morgan fingerprint density at radius 3 is 2.86 bits per heavy atom. The Labute approximate surface area is 81.4 Å². The van der Waals surface area contributed by atoms with Gasteiger partial charge in [-0.1, -0.05) is 19.1 Å². The van der Waals surface area contributed by atoms with Gasteiger partial charge in [0.1, 0.15) is 0 Å². The third-order valence-electron chi connectivity index (χ3n) is 1.83. The second-order valence-electron chi connectivity index (χ2n) is 3.32. The van der Waals surface area contributed by atoms with Gasteiger partial charge in [-0.05, 0) is 5.92 Å². The number of H-pyrrole nitrogens is 1. The molecule has 1 rings (SSSR count). The van der Waals surface area contributed by atoms with Crippen LogP contribution in [0.5, 0.6) is 0 Å². The molecule has 7 nitrogen and oxygen atoms in total. The number of aromatic amines is 1. The molecule has 7 heteroatoms. The van der Waals surface area contributed by atoms with E-state index in [9.17, 15) is 4.79 Å². The van der Waals surface area contributed by atoms with Crippen molar-refractivity contribution in [2.45, 2.75) is 26.4 Å². The Bertz CT molecular complexity index is 282. The summed E-state index contributed by atoms with van der Waals surface area (Å²) in [4.78, 5) is 11.4. The summed E-state index contributed by atoms with van der Waals surface area (Å²) in [6.07, 6.45) is 0. The molecular weight excluding hydrogens is 184 g/mol. The van der Waals surface area contributed by atoms with Crippen molar-refractivity contribution >= 4 is 5.91 Å². The zero-order valence-corrected chi connectivity index (χ0v) is 8.19. The summed E-state index contributed by atoms with van der Waals surface area (Å²) in [5.41, 5.74) is 5.62. The van der Waals surface area contributed by atoms with Crippen molar-refractivity contribution in [1.29, 1.82) is 0 Å². The summed E-state index contributed by atoms with van der Waals surface area (Å²) in [6.45, 7) is 4.02. The molecule has 0 aliphatic rings. The minimum absolute atomic E-state index is 0.111. The lowest BCUT2D eigenvalue weighted by Gasteiger charge is -2.14. The minimum atomic E-state index is -0.498. The Morgan fingerprint density at radius 1 is 1.64 bits per heavy atom. The van der Waals surface area contributed by atoms with E-state index in [1.54, 1.807) is 0 Å². The number of hydrogen-bond donors (Lipinski definition) is 3. The number of nitrogens with one attached hydrogen (secondary N) is 2. The van der Waals surface area contributed by atoms with Crippen LogP contribution in [0.3, 0.4) is 0 Å². The van der Waals surface area contributed by atoms with Crippen molar-refractivity contribution in [3.63, 3.8) is 0 Å². The second-order valence-corrected chi connectivity index (χ2v) is 3.32. The smallest absolute Gasteiger partial charge is 0.237 e. The Morgan fingerprint density at radius 2 is 2.36 bits per heavy atom. The molecule has 0 aliphatic carbocycles. The highest BCUT2D eigenvalue weighted by molar-refractivity contribution is 5.81. The van der Waals surface area contributed by atoms with Crippen LogP contribution in [0.25, 0.3) is 0 Å². The number of amides is 1. The number of nitrogens with two attached hydrogens (primary N) is 1. The summed E-state index contributed by atoms with van der Waals surface area (Å²) in [5, 5.41) is 15.7. The molecule has 0 aliphatic heterocycles. The molecular formula is C7H14N6O. The van der Waals surface area contributed by atoms with E-state index in [0.29, 0.717) is 5.82 Å². The lowest BCUT2D eigenvalue weighted by Crippen LogP contribution is -2.43. The number of carbonyl (C=O) groups is 1. The van der Waals surface area contributed by atoms with Crippen LogP contribution in [0.1, 0.15) is 19.7 Å². The largest absolute Gasteiger partial charge is 0.347 e. The standard InChI is InChI=1S/C7H14N6O/c1-4(2)6(8)7(14)9-3-5-10-12-13-11-5/h4,6H,3,8H2,1-2H3,(H,9,14)(H,10,11,12,13)/t6-/m1/s1. The van der Waals surface area contributed by atoms with Gasteiger partial charge in [-0.3, -0.25) is 4.79 Å². The first-order valence-electron chi connectivity index (χ1n) is 4.37. The fourth-order valence-corrected chi connectivity index (χ4v) is 0.844. The molecule has 0 spiro atoms. The lowest BCUT2D eigenvalue weighted by molar-refractivity contribution is -0.123. The minimum Gasteiger partial charge on any atom is -0.347 e. The number of nitrogens with zero attached hydrogens (tertiary/aromatic N) is 3. The summed E-state index contributed by atoms with van der Waals surface area (Å²) in [5.74, 6) is 0.347. The molecule has 0 radical (unpaired) electrons. The van der Waals surface area contributed by atoms with Gasteiger partial charge in [0, 0.05) is 0 Å². The van der Waals surface area contributed by atoms with Crippen molar-refractivity contribution in [3.05, 3.63) is 5.82 Å². The normalized spacial score (nSPS) is 12.9. The average Bonchev–Trinajstić information content (AvgIpc) is 2.65. The molecule has 0 saturated carbocycles. The van der Waals surface area contributed by atoms with Gasteiger partial charge in [-0.25, -0.2) is 0 Å². The third-order valence-corrected chi connectivity index (χ3v) is 1.83. The fraction of sp³-hybridized carbons (Fsp3) is 0.714. The molecule has 1 atom stereocenters. The van der Waals surface area contributed by atoms with Gasteiger partial charge in [0.2, 0.25) is 5.91 Å².